The standard InChI is InChI=1S/C23H25N3O7S/c1-14-15(2)25-33-23(14)26-34(28,29)18-9-7-17(8-10-18)24-21(27)11-6-16-12-19(30-3)22(32-5)20(13-16)31-4/h6-13,26H,1-5H3,(H,24,27)/b11-6+. The third-order valence-electron chi connectivity index (χ3n) is 4.93. The molecule has 11 heteroatoms. The van der Waals surface area contributed by atoms with E-state index in [9.17, 15) is 13.2 Å². The maximum atomic E-state index is 12.6. The van der Waals surface area contributed by atoms with Gasteiger partial charge in [0.15, 0.2) is 11.5 Å². The van der Waals surface area contributed by atoms with E-state index in [2.05, 4.69) is 15.2 Å². The third-order valence-corrected chi connectivity index (χ3v) is 6.28. The molecule has 0 fully saturated rings. The molecule has 1 heterocycles. The van der Waals surface area contributed by atoms with E-state index >= 15 is 0 Å². The fourth-order valence-electron chi connectivity index (χ4n) is 2.96. The van der Waals surface area contributed by atoms with Gasteiger partial charge in [0, 0.05) is 17.3 Å². The second kappa shape index (κ2) is 10.3. The first kappa shape index (κ1) is 24.6. The number of nitrogens with one attached hydrogen (secondary N) is 2. The molecule has 34 heavy (non-hydrogen) atoms. The molecule has 0 unspecified atom stereocenters. The molecule has 2 aromatic carbocycles. The lowest BCUT2D eigenvalue weighted by Crippen LogP contribution is -2.13. The lowest BCUT2D eigenvalue weighted by Gasteiger charge is -2.12. The first-order chi connectivity index (χ1) is 16.2. The smallest absolute Gasteiger partial charge is 0.264 e. The average Bonchev–Trinajstić information content (AvgIpc) is 3.13. The molecule has 0 aliphatic heterocycles. The zero-order valence-electron chi connectivity index (χ0n) is 19.3. The first-order valence-corrected chi connectivity index (χ1v) is 11.5. The molecule has 0 radical (unpaired) electrons. The van der Waals surface area contributed by atoms with Gasteiger partial charge in [-0.05, 0) is 61.9 Å². The van der Waals surface area contributed by atoms with Gasteiger partial charge in [-0.1, -0.05) is 5.16 Å². The number of benzene rings is 2. The Balaban J connectivity index is 1.69. The predicted molar refractivity (Wildman–Crippen MR) is 127 cm³/mol. The van der Waals surface area contributed by atoms with Crippen LogP contribution in [0.2, 0.25) is 0 Å². The Hall–Kier alpha value is -3.99. The molecule has 3 rings (SSSR count). The second-order valence-corrected chi connectivity index (χ2v) is 8.82. The fourth-order valence-corrected chi connectivity index (χ4v) is 4.01. The van der Waals surface area contributed by atoms with Crippen molar-refractivity contribution in [3.05, 3.63) is 59.3 Å². The van der Waals surface area contributed by atoms with E-state index in [1.807, 2.05) is 0 Å². The zero-order valence-corrected chi connectivity index (χ0v) is 20.1. The van der Waals surface area contributed by atoms with Crippen LogP contribution >= 0.6 is 0 Å². The predicted octanol–water partition coefficient (Wildman–Crippen LogP) is 3.77. The molecule has 0 aliphatic rings. The number of aryl methyl sites for hydroxylation is 1. The number of rotatable bonds is 9. The molecule has 10 nitrogen and oxygen atoms in total. The van der Waals surface area contributed by atoms with Crippen molar-refractivity contribution in [2.45, 2.75) is 18.7 Å². The van der Waals surface area contributed by atoms with Gasteiger partial charge in [0.1, 0.15) is 0 Å². The molecular formula is C23H25N3O7S. The number of hydrogen-bond acceptors (Lipinski definition) is 8. The van der Waals surface area contributed by atoms with Crippen LogP contribution in [0, 0.1) is 13.8 Å². The highest BCUT2D eigenvalue weighted by molar-refractivity contribution is 7.92. The number of aromatic nitrogens is 1. The Morgan fingerprint density at radius 2 is 1.62 bits per heavy atom. The average molecular weight is 488 g/mol. The normalized spacial score (nSPS) is 11.3. The van der Waals surface area contributed by atoms with Gasteiger partial charge in [0.2, 0.25) is 17.5 Å². The SMILES string of the molecule is COc1cc(/C=C/C(=O)Nc2ccc(S(=O)(=O)Nc3onc(C)c3C)cc2)cc(OC)c1OC. The number of sulfonamides is 1. The van der Waals surface area contributed by atoms with Gasteiger partial charge in [-0.25, -0.2) is 13.1 Å². The van der Waals surface area contributed by atoms with Gasteiger partial charge in [-0.3, -0.25) is 4.79 Å². The van der Waals surface area contributed by atoms with Crippen molar-refractivity contribution < 1.29 is 31.9 Å². The van der Waals surface area contributed by atoms with Gasteiger partial charge in [0.25, 0.3) is 10.0 Å². The van der Waals surface area contributed by atoms with E-state index in [-0.39, 0.29) is 10.8 Å². The summed E-state index contributed by atoms with van der Waals surface area (Å²) in [4.78, 5) is 12.4. The molecule has 2 N–H and O–H groups in total. The number of nitrogens with zero attached hydrogens (tertiary/aromatic N) is 1. The van der Waals surface area contributed by atoms with Crippen LogP contribution in [0.1, 0.15) is 16.8 Å². The van der Waals surface area contributed by atoms with Crippen LogP contribution in [-0.4, -0.2) is 40.8 Å². The number of carbonyl (C=O) groups excluding carboxylic acids is 1. The Morgan fingerprint density at radius 1 is 1.00 bits per heavy atom. The minimum Gasteiger partial charge on any atom is -0.493 e. The molecule has 0 bridgehead atoms. The Bertz CT molecular complexity index is 1290. The molecule has 1 aromatic heterocycles. The maximum absolute atomic E-state index is 12.6. The molecule has 0 aliphatic carbocycles. The minimum atomic E-state index is -3.88. The first-order valence-electron chi connectivity index (χ1n) is 10.0. The summed E-state index contributed by atoms with van der Waals surface area (Å²) in [7, 11) is 0.638. The lowest BCUT2D eigenvalue weighted by molar-refractivity contribution is -0.111. The Labute approximate surface area is 197 Å². The highest BCUT2D eigenvalue weighted by Crippen LogP contribution is 2.38. The van der Waals surface area contributed by atoms with E-state index in [0.717, 1.165) is 0 Å². The van der Waals surface area contributed by atoms with E-state index in [0.29, 0.717) is 39.8 Å². The van der Waals surface area contributed by atoms with Crippen molar-refractivity contribution in [2.24, 2.45) is 0 Å². The van der Waals surface area contributed by atoms with Crippen LogP contribution < -0.4 is 24.2 Å². The summed E-state index contributed by atoms with van der Waals surface area (Å²) < 4.78 is 48.4. The lowest BCUT2D eigenvalue weighted by atomic mass is 10.1. The topological polar surface area (TPSA) is 129 Å². The van der Waals surface area contributed by atoms with Gasteiger partial charge in [-0.2, -0.15) is 0 Å². The minimum absolute atomic E-state index is 0.00640. The van der Waals surface area contributed by atoms with Gasteiger partial charge < -0.3 is 24.1 Å². The number of anilines is 2. The summed E-state index contributed by atoms with van der Waals surface area (Å²) in [5, 5.41) is 6.41. The maximum Gasteiger partial charge on any atom is 0.264 e. The Morgan fingerprint density at radius 3 is 2.12 bits per heavy atom. The van der Waals surface area contributed by atoms with E-state index in [4.69, 9.17) is 18.7 Å². The number of methoxy groups -OCH3 is 3. The summed E-state index contributed by atoms with van der Waals surface area (Å²) in [5.41, 5.74) is 2.28. The van der Waals surface area contributed by atoms with Gasteiger partial charge >= 0.3 is 0 Å². The highest BCUT2D eigenvalue weighted by atomic mass is 32.2. The molecule has 180 valence electrons. The fraction of sp³-hybridized carbons (Fsp3) is 0.217. The summed E-state index contributed by atoms with van der Waals surface area (Å²) in [6.45, 7) is 3.41. The van der Waals surface area contributed by atoms with Crippen LogP contribution in [0.3, 0.4) is 0 Å². The van der Waals surface area contributed by atoms with Crippen LogP contribution in [0.4, 0.5) is 11.6 Å². The van der Waals surface area contributed by atoms with Crippen molar-refractivity contribution in [2.75, 3.05) is 31.4 Å². The second-order valence-electron chi connectivity index (χ2n) is 7.13. The van der Waals surface area contributed by atoms with E-state index in [1.165, 1.54) is 51.7 Å². The van der Waals surface area contributed by atoms with Crippen LogP contribution in [0.15, 0.2) is 51.9 Å². The van der Waals surface area contributed by atoms with Crippen molar-refractivity contribution in [3.63, 3.8) is 0 Å². The monoisotopic (exact) mass is 487 g/mol. The molecule has 0 spiro atoms. The number of hydrogen-bond donors (Lipinski definition) is 2. The molecule has 0 atom stereocenters. The van der Waals surface area contributed by atoms with Crippen molar-refractivity contribution in [1.82, 2.24) is 5.16 Å². The van der Waals surface area contributed by atoms with Crippen molar-refractivity contribution >= 4 is 33.6 Å². The quantitative estimate of drug-likeness (QED) is 0.437. The number of carbonyl (C=O) groups is 1. The molecule has 0 saturated carbocycles. The number of ether oxygens (including phenoxy) is 3. The highest BCUT2D eigenvalue weighted by Gasteiger charge is 2.19. The van der Waals surface area contributed by atoms with E-state index in [1.54, 1.807) is 32.1 Å². The van der Waals surface area contributed by atoms with E-state index < -0.39 is 15.9 Å². The number of amides is 1. The summed E-state index contributed by atoms with van der Waals surface area (Å²) in [6.07, 6.45) is 2.92. The van der Waals surface area contributed by atoms with Crippen LogP contribution in [-0.2, 0) is 14.8 Å². The van der Waals surface area contributed by atoms with Crippen LogP contribution in [0.5, 0.6) is 17.2 Å². The summed E-state index contributed by atoms with van der Waals surface area (Å²) >= 11 is 0. The van der Waals surface area contributed by atoms with Gasteiger partial charge in [-0.15, -0.1) is 0 Å². The molecule has 3 aromatic rings. The zero-order chi connectivity index (χ0) is 24.9. The van der Waals surface area contributed by atoms with Crippen molar-refractivity contribution in [3.8, 4) is 17.2 Å². The molecular weight excluding hydrogens is 462 g/mol. The summed E-state index contributed by atoms with van der Waals surface area (Å²) in [6, 6.07) is 9.13. The van der Waals surface area contributed by atoms with Gasteiger partial charge in [0.05, 0.1) is 31.9 Å². The molecule has 0 saturated heterocycles. The van der Waals surface area contributed by atoms with Crippen LogP contribution in [0.25, 0.3) is 6.08 Å². The van der Waals surface area contributed by atoms with Crippen molar-refractivity contribution in [1.29, 1.82) is 0 Å². The molecule has 1 amide bonds. The largest absolute Gasteiger partial charge is 0.493 e. The third kappa shape index (κ3) is 5.49. The summed E-state index contributed by atoms with van der Waals surface area (Å²) in [5.74, 6) is 1.03. The Kier molecular flexibility index (Phi) is 7.47.